The van der Waals surface area contributed by atoms with Gasteiger partial charge in [0, 0.05) is 12.1 Å². The fourth-order valence-electron chi connectivity index (χ4n) is 1.68. The molecule has 0 radical (unpaired) electrons. The number of hydrogen-bond acceptors (Lipinski definition) is 2. The number of rotatable bonds is 4. The van der Waals surface area contributed by atoms with Gasteiger partial charge in [-0.15, -0.1) is 0 Å². The molecular weight excluding hydrogens is 291 g/mol. The highest BCUT2D eigenvalue weighted by molar-refractivity contribution is 6.30. The largest absolute Gasteiger partial charge is 0.483 e. The fraction of sp³-hybridized carbons (Fsp3) is 0.143. The molecule has 0 spiro atoms. The minimum atomic E-state index is -0.882. The second-order valence-electron chi connectivity index (χ2n) is 4.09. The number of benzene rings is 2. The van der Waals surface area contributed by atoms with Crippen molar-refractivity contribution in [1.29, 1.82) is 0 Å². The van der Waals surface area contributed by atoms with Crippen LogP contribution in [0.1, 0.15) is 11.1 Å². The third-order valence-electron chi connectivity index (χ3n) is 2.70. The summed E-state index contributed by atoms with van der Waals surface area (Å²) in [7, 11) is 0. The van der Waals surface area contributed by atoms with Crippen molar-refractivity contribution in [3.8, 4) is 5.75 Å². The van der Waals surface area contributed by atoms with Crippen LogP contribution in [0.4, 0.5) is 13.2 Å². The molecule has 0 aromatic heterocycles. The van der Waals surface area contributed by atoms with E-state index in [1.54, 1.807) is 0 Å². The molecular formula is C14H11ClF3NO. The molecule has 0 saturated heterocycles. The number of halogens is 4. The maximum Gasteiger partial charge on any atom is 0.191 e. The second-order valence-corrected chi connectivity index (χ2v) is 4.50. The van der Waals surface area contributed by atoms with E-state index in [2.05, 4.69) is 0 Å². The SMILES string of the molecule is NCc1cc(F)c(OCc2cccc(Cl)c2F)c(F)c1. The fourth-order valence-corrected chi connectivity index (χ4v) is 1.87. The Kier molecular flexibility index (Phi) is 4.52. The number of ether oxygens (including phenoxy) is 1. The Morgan fingerprint density at radius 2 is 1.75 bits per heavy atom. The van der Waals surface area contributed by atoms with Crippen molar-refractivity contribution in [3.63, 3.8) is 0 Å². The van der Waals surface area contributed by atoms with Crippen LogP contribution in [0.15, 0.2) is 30.3 Å². The molecule has 0 saturated carbocycles. The molecule has 20 heavy (non-hydrogen) atoms. The van der Waals surface area contributed by atoms with Gasteiger partial charge in [0.2, 0.25) is 0 Å². The van der Waals surface area contributed by atoms with Gasteiger partial charge in [-0.25, -0.2) is 13.2 Å². The maximum atomic E-state index is 13.6. The Morgan fingerprint density at radius 1 is 1.10 bits per heavy atom. The summed E-state index contributed by atoms with van der Waals surface area (Å²) in [6.07, 6.45) is 0. The first kappa shape index (κ1) is 14.7. The van der Waals surface area contributed by atoms with Crippen LogP contribution >= 0.6 is 11.6 Å². The summed E-state index contributed by atoms with van der Waals surface area (Å²) < 4.78 is 45.9. The summed E-state index contributed by atoms with van der Waals surface area (Å²) in [6.45, 7) is -0.320. The van der Waals surface area contributed by atoms with Gasteiger partial charge in [-0.2, -0.15) is 0 Å². The van der Waals surface area contributed by atoms with Crippen molar-refractivity contribution in [1.82, 2.24) is 0 Å². The van der Waals surface area contributed by atoms with Crippen molar-refractivity contribution in [2.45, 2.75) is 13.2 Å². The molecule has 2 rings (SSSR count). The molecule has 2 aromatic carbocycles. The summed E-state index contributed by atoms with van der Waals surface area (Å²) >= 11 is 5.61. The molecule has 2 nitrogen and oxygen atoms in total. The first-order valence-electron chi connectivity index (χ1n) is 5.76. The molecule has 2 N–H and O–H groups in total. The Bertz CT molecular complexity index is 611. The highest BCUT2D eigenvalue weighted by Gasteiger charge is 2.14. The minimum Gasteiger partial charge on any atom is -0.483 e. The standard InChI is InChI=1S/C14H11ClF3NO/c15-10-3-1-2-9(13(10)18)7-20-14-11(16)4-8(6-19)5-12(14)17/h1-5H,6-7,19H2. The van der Waals surface area contributed by atoms with Crippen molar-refractivity contribution in [3.05, 3.63) is 63.9 Å². The average Bonchev–Trinajstić information content (AvgIpc) is 2.42. The Morgan fingerprint density at radius 3 is 2.35 bits per heavy atom. The normalized spacial score (nSPS) is 10.7. The van der Waals surface area contributed by atoms with Gasteiger partial charge < -0.3 is 10.5 Å². The number of nitrogens with two attached hydrogens (primary N) is 1. The summed E-state index contributed by atoms with van der Waals surface area (Å²) in [4.78, 5) is 0. The van der Waals surface area contributed by atoms with Crippen molar-refractivity contribution in [2.75, 3.05) is 0 Å². The lowest BCUT2D eigenvalue weighted by molar-refractivity contribution is 0.269. The zero-order chi connectivity index (χ0) is 14.7. The predicted molar refractivity (Wildman–Crippen MR) is 70.0 cm³/mol. The van der Waals surface area contributed by atoms with Gasteiger partial charge in [-0.05, 0) is 23.8 Å². The van der Waals surface area contributed by atoms with Gasteiger partial charge in [0.1, 0.15) is 12.4 Å². The van der Waals surface area contributed by atoms with Crippen LogP contribution in [0.2, 0.25) is 5.02 Å². The van der Waals surface area contributed by atoms with E-state index < -0.39 is 23.2 Å². The summed E-state index contributed by atoms with van der Waals surface area (Å²) in [5, 5.41) is -0.0782. The molecule has 0 unspecified atom stereocenters. The molecule has 0 aliphatic heterocycles. The minimum absolute atomic E-state index is 0.0110. The molecule has 0 bridgehead atoms. The Balaban J connectivity index is 2.21. The van der Waals surface area contributed by atoms with Crippen LogP contribution in [-0.2, 0) is 13.2 Å². The van der Waals surface area contributed by atoms with Gasteiger partial charge in [-0.3, -0.25) is 0 Å². The average molecular weight is 302 g/mol. The molecule has 2 aromatic rings. The van der Waals surface area contributed by atoms with Crippen LogP contribution in [0, 0.1) is 17.5 Å². The lowest BCUT2D eigenvalue weighted by Gasteiger charge is -2.10. The van der Waals surface area contributed by atoms with Crippen LogP contribution in [0.3, 0.4) is 0 Å². The second kappa shape index (κ2) is 6.15. The van der Waals surface area contributed by atoms with E-state index in [9.17, 15) is 13.2 Å². The van der Waals surface area contributed by atoms with Crippen LogP contribution in [0.5, 0.6) is 5.75 Å². The molecule has 0 aliphatic carbocycles. The van der Waals surface area contributed by atoms with Gasteiger partial charge in [0.25, 0.3) is 0 Å². The quantitative estimate of drug-likeness (QED) is 0.932. The molecule has 0 heterocycles. The maximum absolute atomic E-state index is 13.6. The van der Waals surface area contributed by atoms with E-state index in [0.29, 0.717) is 5.56 Å². The van der Waals surface area contributed by atoms with E-state index in [1.807, 2.05) is 0 Å². The monoisotopic (exact) mass is 301 g/mol. The summed E-state index contributed by atoms with van der Waals surface area (Å²) in [5.74, 6) is -3.00. The van der Waals surface area contributed by atoms with E-state index in [0.717, 1.165) is 12.1 Å². The van der Waals surface area contributed by atoms with E-state index in [4.69, 9.17) is 22.1 Å². The molecule has 0 aliphatic rings. The van der Waals surface area contributed by atoms with Crippen LogP contribution in [-0.4, -0.2) is 0 Å². The van der Waals surface area contributed by atoms with Gasteiger partial charge >= 0.3 is 0 Å². The van der Waals surface area contributed by atoms with Crippen molar-refractivity contribution in [2.24, 2.45) is 5.73 Å². The van der Waals surface area contributed by atoms with Crippen LogP contribution in [0.25, 0.3) is 0 Å². The van der Waals surface area contributed by atoms with Gasteiger partial charge in [-0.1, -0.05) is 23.7 Å². The van der Waals surface area contributed by atoms with E-state index in [1.165, 1.54) is 18.2 Å². The molecule has 106 valence electrons. The highest BCUT2D eigenvalue weighted by atomic mass is 35.5. The zero-order valence-electron chi connectivity index (χ0n) is 10.3. The topological polar surface area (TPSA) is 35.2 Å². The third kappa shape index (κ3) is 3.05. The Hall–Kier alpha value is -1.72. The lowest BCUT2D eigenvalue weighted by atomic mass is 10.2. The zero-order valence-corrected chi connectivity index (χ0v) is 11.1. The molecule has 6 heteroatoms. The Labute approximate surface area is 118 Å². The highest BCUT2D eigenvalue weighted by Crippen LogP contribution is 2.25. The molecule has 0 fully saturated rings. The van der Waals surface area contributed by atoms with Crippen LogP contribution < -0.4 is 10.5 Å². The molecule has 0 amide bonds. The van der Waals surface area contributed by atoms with Gasteiger partial charge in [0.15, 0.2) is 17.4 Å². The third-order valence-corrected chi connectivity index (χ3v) is 2.99. The number of hydrogen-bond donors (Lipinski definition) is 1. The first-order valence-corrected chi connectivity index (χ1v) is 6.14. The predicted octanol–water partition coefficient (Wildman–Crippen LogP) is 3.80. The van der Waals surface area contributed by atoms with E-state index in [-0.39, 0.29) is 23.7 Å². The lowest BCUT2D eigenvalue weighted by Crippen LogP contribution is -2.04. The molecule has 0 atom stereocenters. The smallest absolute Gasteiger partial charge is 0.191 e. The summed E-state index contributed by atoms with van der Waals surface area (Å²) in [6, 6.07) is 6.47. The first-order chi connectivity index (χ1) is 9.52. The van der Waals surface area contributed by atoms with E-state index >= 15 is 0 Å². The van der Waals surface area contributed by atoms with Gasteiger partial charge in [0.05, 0.1) is 5.02 Å². The summed E-state index contributed by atoms with van der Waals surface area (Å²) in [5.41, 5.74) is 5.72. The van der Waals surface area contributed by atoms with Crippen molar-refractivity contribution < 1.29 is 17.9 Å². The van der Waals surface area contributed by atoms with Crippen molar-refractivity contribution >= 4 is 11.6 Å².